The fourth-order valence-electron chi connectivity index (χ4n) is 4.54. The molecule has 1 fully saturated rings. The van der Waals surface area contributed by atoms with Crippen molar-refractivity contribution in [1.82, 2.24) is 19.9 Å². The third-order valence-corrected chi connectivity index (χ3v) is 6.43. The number of fused-ring (bicyclic) bond motifs is 1. The van der Waals surface area contributed by atoms with Crippen molar-refractivity contribution in [3.8, 4) is 22.8 Å². The van der Waals surface area contributed by atoms with Gasteiger partial charge < -0.3 is 19.3 Å². The predicted octanol–water partition coefficient (Wildman–Crippen LogP) is 3.97. The van der Waals surface area contributed by atoms with Crippen molar-refractivity contribution in [3.63, 3.8) is 0 Å². The maximum Gasteiger partial charge on any atom is 0.225 e. The number of pyridine rings is 1. The molecule has 7 heteroatoms. The highest BCUT2D eigenvalue weighted by atomic mass is 16.5. The number of anilines is 1. The van der Waals surface area contributed by atoms with Crippen LogP contribution in [0.2, 0.25) is 0 Å². The number of likely N-dealkylation sites (tertiary alicyclic amines) is 1. The van der Waals surface area contributed by atoms with Gasteiger partial charge >= 0.3 is 0 Å². The quantitative estimate of drug-likeness (QED) is 0.486. The van der Waals surface area contributed by atoms with Crippen molar-refractivity contribution in [2.24, 2.45) is 0 Å². The lowest BCUT2D eigenvalue weighted by molar-refractivity contribution is 0.256. The van der Waals surface area contributed by atoms with E-state index in [1.807, 2.05) is 42.7 Å². The van der Waals surface area contributed by atoms with Crippen LogP contribution in [0.3, 0.4) is 0 Å². The second-order valence-corrected chi connectivity index (χ2v) is 8.68. The zero-order valence-electron chi connectivity index (χ0n) is 19.2. The Hall–Kier alpha value is -3.19. The van der Waals surface area contributed by atoms with E-state index < -0.39 is 0 Å². The molecule has 172 valence electrons. The summed E-state index contributed by atoms with van der Waals surface area (Å²) < 4.78 is 11.2. The molecule has 1 saturated heterocycles. The number of methoxy groups -OCH3 is 1. The van der Waals surface area contributed by atoms with Crippen molar-refractivity contribution in [3.05, 3.63) is 60.0 Å². The number of hydrogen-bond donors (Lipinski definition) is 0. The van der Waals surface area contributed by atoms with E-state index in [0.717, 1.165) is 73.5 Å². The van der Waals surface area contributed by atoms with Crippen LogP contribution in [0.5, 0.6) is 11.6 Å². The van der Waals surface area contributed by atoms with Crippen LogP contribution < -0.4 is 14.4 Å². The normalized spacial score (nSPS) is 16.0. The molecule has 0 radical (unpaired) electrons. The Morgan fingerprint density at radius 1 is 0.909 bits per heavy atom. The van der Waals surface area contributed by atoms with Gasteiger partial charge in [0.15, 0.2) is 0 Å². The molecule has 0 atom stereocenters. The average Bonchev–Trinajstić information content (AvgIpc) is 3.40. The molecule has 0 bridgehead atoms. The maximum absolute atomic E-state index is 5.93. The second kappa shape index (κ2) is 10.2. The van der Waals surface area contributed by atoms with Gasteiger partial charge in [-0.1, -0.05) is 18.2 Å². The highest BCUT2D eigenvalue weighted by molar-refractivity contribution is 5.63. The molecule has 0 unspecified atom stereocenters. The molecule has 0 saturated carbocycles. The molecule has 2 aliphatic heterocycles. The van der Waals surface area contributed by atoms with E-state index in [-0.39, 0.29) is 0 Å². The number of hydrogen-bond acceptors (Lipinski definition) is 7. The minimum atomic E-state index is 0.725. The summed E-state index contributed by atoms with van der Waals surface area (Å²) >= 11 is 0. The highest BCUT2D eigenvalue weighted by Gasteiger charge is 2.20. The third-order valence-electron chi connectivity index (χ3n) is 6.43. The van der Waals surface area contributed by atoms with E-state index in [1.165, 1.54) is 31.5 Å². The highest BCUT2D eigenvalue weighted by Crippen LogP contribution is 2.25. The first-order valence-electron chi connectivity index (χ1n) is 11.8. The molecule has 3 aromatic rings. The van der Waals surface area contributed by atoms with Crippen molar-refractivity contribution in [2.75, 3.05) is 44.8 Å². The Kier molecular flexibility index (Phi) is 6.67. The van der Waals surface area contributed by atoms with E-state index in [1.54, 1.807) is 7.11 Å². The van der Waals surface area contributed by atoms with E-state index in [2.05, 4.69) is 25.8 Å². The molecular weight excluding hydrogens is 414 g/mol. The summed E-state index contributed by atoms with van der Waals surface area (Å²) in [5, 5.41) is 0. The molecule has 5 rings (SSSR count). The van der Waals surface area contributed by atoms with Gasteiger partial charge in [0.05, 0.1) is 19.4 Å². The van der Waals surface area contributed by atoms with E-state index in [4.69, 9.17) is 14.5 Å². The Morgan fingerprint density at radius 3 is 2.45 bits per heavy atom. The van der Waals surface area contributed by atoms with Gasteiger partial charge in [-0.3, -0.25) is 0 Å². The second-order valence-electron chi connectivity index (χ2n) is 8.68. The summed E-state index contributed by atoms with van der Waals surface area (Å²) in [4.78, 5) is 18.7. The number of aromatic nitrogens is 3. The van der Waals surface area contributed by atoms with Gasteiger partial charge in [0, 0.05) is 50.1 Å². The standard InChI is InChI=1S/C26H31N5O2/c1-32-23-8-5-20(6-9-23)22-17-27-26(28-18-22)31-15-11-24-21(19-31)7-10-25(29-24)33-16-4-14-30-12-2-3-13-30/h5-10,17-18H,2-4,11-16,19H2,1H3. The third kappa shape index (κ3) is 5.25. The predicted molar refractivity (Wildman–Crippen MR) is 129 cm³/mol. The molecule has 0 N–H and O–H groups in total. The Bertz CT molecular complexity index is 1050. The van der Waals surface area contributed by atoms with Crippen molar-refractivity contribution >= 4 is 5.95 Å². The Labute approximate surface area is 195 Å². The molecule has 7 nitrogen and oxygen atoms in total. The molecule has 0 amide bonds. The molecular formula is C26H31N5O2. The van der Waals surface area contributed by atoms with Gasteiger partial charge in [-0.25, -0.2) is 15.0 Å². The lowest BCUT2D eigenvalue weighted by Gasteiger charge is -2.28. The van der Waals surface area contributed by atoms with E-state index in [9.17, 15) is 0 Å². The minimum absolute atomic E-state index is 0.725. The zero-order valence-corrected chi connectivity index (χ0v) is 19.2. The largest absolute Gasteiger partial charge is 0.497 e. The summed E-state index contributed by atoms with van der Waals surface area (Å²) in [6, 6.07) is 12.1. The van der Waals surface area contributed by atoms with Crippen LogP contribution in [-0.4, -0.2) is 59.7 Å². The summed E-state index contributed by atoms with van der Waals surface area (Å²) in [7, 11) is 1.67. The van der Waals surface area contributed by atoms with Gasteiger partial charge in [0.2, 0.25) is 11.8 Å². The molecule has 1 aromatic carbocycles. The van der Waals surface area contributed by atoms with Gasteiger partial charge in [-0.15, -0.1) is 0 Å². The number of ether oxygens (including phenoxy) is 2. The van der Waals surface area contributed by atoms with Crippen LogP contribution in [0.1, 0.15) is 30.5 Å². The molecule has 0 aliphatic carbocycles. The molecule has 2 aliphatic rings. The van der Waals surface area contributed by atoms with Crippen LogP contribution in [0, 0.1) is 0 Å². The Balaban J connectivity index is 1.16. The van der Waals surface area contributed by atoms with Gasteiger partial charge in [-0.05, 0) is 55.6 Å². The summed E-state index contributed by atoms with van der Waals surface area (Å²) in [6.07, 6.45) is 8.36. The first-order chi connectivity index (χ1) is 16.3. The van der Waals surface area contributed by atoms with Gasteiger partial charge in [-0.2, -0.15) is 0 Å². The van der Waals surface area contributed by atoms with Crippen LogP contribution in [0.15, 0.2) is 48.8 Å². The van der Waals surface area contributed by atoms with Crippen LogP contribution in [-0.2, 0) is 13.0 Å². The first-order valence-corrected chi connectivity index (χ1v) is 11.8. The smallest absolute Gasteiger partial charge is 0.225 e. The lowest BCUT2D eigenvalue weighted by Crippen LogP contribution is -2.32. The summed E-state index contributed by atoms with van der Waals surface area (Å²) in [6.45, 7) is 5.93. The summed E-state index contributed by atoms with van der Waals surface area (Å²) in [5.41, 5.74) is 4.40. The topological polar surface area (TPSA) is 63.6 Å². The average molecular weight is 446 g/mol. The van der Waals surface area contributed by atoms with Crippen molar-refractivity contribution in [2.45, 2.75) is 32.2 Å². The van der Waals surface area contributed by atoms with Gasteiger partial charge in [0.25, 0.3) is 0 Å². The zero-order chi connectivity index (χ0) is 22.5. The lowest BCUT2D eigenvalue weighted by atomic mass is 10.1. The molecule has 0 spiro atoms. The molecule has 33 heavy (non-hydrogen) atoms. The maximum atomic E-state index is 5.93. The SMILES string of the molecule is COc1ccc(-c2cnc(N3CCc4nc(OCCCN5CCCC5)ccc4C3)nc2)cc1. The minimum Gasteiger partial charge on any atom is -0.497 e. The van der Waals surface area contributed by atoms with E-state index >= 15 is 0 Å². The van der Waals surface area contributed by atoms with E-state index in [0.29, 0.717) is 0 Å². The van der Waals surface area contributed by atoms with Crippen molar-refractivity contribution in [1.29, 1.82) is 0 Å². The molecule has 2 aromatic heterocycles. The monoisotopic (exact) mass is 445 g/mol. The van der Waals surface area contributed by atoms with Crippen molar-refractivity contribution < 1.29 is 9.47 Å². The fraction of sp³-hybridized carbons (Fsp3) is 0.423. The van der Waals surface area contributed by atoms with Crippen LogP contribution in [0.25, 0.3) is 11.1 Å². The van der Waals surface area contributed by atoms with Gasteiger partial charge in [0.1, 0.15) is 5.75 Å². The number of benzene rings is 1. The summed E-state index contributed by atoms with van der Waals surface area (Å²) in [5.74, 6) is 2.33. The number of nitrogens with zero attached hydrogens (tertiary/aromatic N) is 5. The number of rotatable bonds is 8. The van der Waals surface area contributed by atoms with Crippen LogP contribution >= 0.6 is 0 Å². The first kappa shape index (κ1) is 21.6. The molecule has 4 heterocycles. The van der Waals surface area contributed by atoms with Crippen LogP contribution in [0.4, 0.5) is 5.95 Å². The Morgan fingerprint density at radius 2 is 1.70 bits per heavy atom. The fourth-order valence-corrected chi connectivity index (χ4v) is 4.54.